The Labute approximate surface area is 211 Å². The van der Waals surface area contributed by atoms with E-state index in [0.29, 0.717) is 11.1 Å². The topological polar surface area (TPSA) is 81.8 Å². The predicted octanol–water partition coefficient (Wildman–Crippen LogP) is 7.51. The van der Waals surface area contributed by atoms with Crippen molar-refractivity contribution in [2.75, 3.05) is 0 Å². The van der Waals surface area contributed by atoms with Gasteiger partial charge in [-0.15, -0.1) is 0 Å². The van der Waals surface area contributed by atoms with Gasteiger partial charge in [0, 0.05) is 17.7 Å². The second-order valence-corrected chi connectivity index (χ2v) is 8.98. The van der Waals surface area contributed by atoms with E-state index in [9.17, 15) is 14.9 Å². The molecule has 1 aliphatic heterocycles. The molecular weight excluding hydrogens is 452 g/mol. The number of rotatable bonds is 11. The van der Waals surface area contributed by atoms with Gasteiger partial charge in [-0.25, -0.2) is 9.79 Å². The molecular formula is C30H30N2O4. The van der Waals surface area contributed by atoms with E-state index in [0.717, 1.165) is 17.5 Å². The van der Waals surface area contributed by atoms with Crippen molar-refractivity contribution in [2.24, 2.45) is 4.99 Å². The van der Waals surface area contributed by atoms with Gasteiger partial charge >= 0.3 is 5.97 Å². The van der Waals surface area contributed by atoms with Crippen LogP contribution in [-0.4, -0.2) is 16.8 Å². The van der Waals surface area contributed by atoms with Gasteiger partial charge in [0.1, 0.15) is 0 Å². The number of hydrogen-bond donors (Lipinski definition) is 0. The Morgan fingerprint density at radius 2 is 1.50 bits per heavy atom. The molecule has 1 aliphatic rings. The third-order valence-electron chi connectivity index (χ3n) is 6.24. The number of aliphatic imine (C=N–C) groups is 1. The van der Waals surface area contributed by atoms with E-state index >= 15 is 0 Å². The fraction of sp³-hybridized carbons (Fsp3) is 0.267. The first-order chi connectivity index (χ1) is 17.5. The molecule has 0 saturated heterocycles. The molecule has 0 amide bonds. The first-order valence-corrected chi connectivity index (χ1v) is 12.5. The van der Waals surface area contributed by atoms with E-state index in [1.165, 1.54) is 62.3 Å². The number of hydrogen-bond acceptors (Lipinski definition) is 5. The number of non-ortho nitro benzene ring substituents is 1. The number of esters is 1. The zero-order valence-electron chi connectivity index (χ0n) is 20.5. The molecule has 6 nitrogen and oxygen atoms in total. The van der Waals surface area contributed by atoms with Crippen LogP contribution in [0.5, 0.6) is 0 Å². The Bertz CT molecular complexity index is 1280. The Hall–Kier alpha value is -4.06. The van der Waals surface area contributed by atoms with Crippen molar-refractivity contribution in [3.8, 4) is 11.1 Å². The second-order valence-electron chi connectivity index (χ2n) is 8.98. The number of nitro groups is 1. The molecule has 3 aromatic rings. The lowest BCUT2D eigenvalue weighted by Gasteiger charge is -2.06. The number of ether oxygens (including phenoxy) is 1. The van der Waals surface area contributed by atoms with Gasteiger partial charge in [0.25, 0.3) is 5.69 Å². The summed E-state index contributed by atoms with van der Waals surface area (Å²) in [7, 11) is 0. The zero-order chi connectivity index (χ0) is 25.3. The summed E-state index contributed by atoms with van der Waals surface area (Å²) < 4.78 is 5.35. The van der Waals surface area contributed by atoms with Crippen LogP contribution in [-0.2, 0) is 16.0 Å². The van der Waals surface area contributed by atoms with E-state index in [2.05, 4.69) is 36.2 Å². The minimum Gasteiger partial charge on any atom is -0.402 e. The largest absolute Gasteiger partial charge is 0.402 e. The monoisotopic (exact) mass is 482 g/mol. The molecule has 1 heterocycles. The number of nitrogens with zero attached hydrogens (tertiary/aromatic N) is 2. The molecule has 6 heteroatoms. The summed E-state index contributed by atoms with van der Waals surface area (Å²) in [6, 6.07) is 22.4. The maximum atomic E-state index is 12.3. The number of unbranched alkanes of at least 4 members (excludes halogenated alkanes) is 5. The van der Waals surface area contributed by atoms with Gasteiger partial charge in [-0.3, -0.25) is 10.1 Å². The van der Waals surface area contributed by atoms with Gasteiger partial charge in [0.15, 0.2) is 5.70 Å². The average Bonchev–Trinajstić information content (AvgIpc) is 3.26. The fourth-order valence-electron chi connectivity index (χ4n) is 4.20. The molecule has 0 radical (unpaired) electrons. The second kappa shape index (κ2) is 12.1. The van der Waals surface area contributed by atoms with Crippen molar-refractivity contribution in [2.45, 2.75) is 51.9 Å². The van der Waals surface area contributed by atoms with Crippen molar-refractivity contribution in [1.29, 1.82) is 0 Å². The molecule has 0 spiro atoms. The zero-order valence-corrected chi connectivity index (χ0v) is 20.5. The van der Waals surface area contributed by atoms with Crippen LogP contribution >= 0.6 is 0 Å². The van der Waals surface area contributed by atoms with E-state index in [1.54, 1.807) is 12.1 Å². The molecule has 0 unspecified atom stereocenters. The third-order valence-corrected chi connectivity index (χ3v) is 6.24. The Balaban J connectivity index is 1.39. The maximum absolute atomic E-state index is 12.3. The molecule has 0 atom stereocenters. The lowest BCUT2D eigenvalue weighted by molar-refractivity contribution is -0.384. The highest BCUT2D eigenvalue weighted by Crippen LogP contribution is 2.25. The van der Waals surface area contributed by atoms with Crippen LogP contribution in [0.4, 0.5) is 5.69 Å². The minimum absolute atomic E-state index is 0.0500. The summed E-state index contributed by atoms with van der Waals surface area (Å²) in [6.07, 6.45) is 10.4. The van der Waals surface area contributed by atoms with Crippen LogP contribution in [0.25, 0.3) is 17.2 Å². The van der Waals surface area contributed by atoms with Gasteiger partial charge in [-0.05, 0) is 53.3 Å². The number of aryl methyl sites for hydroxylation is 1. The van der Waals surface area contributed by atoms with Gasteiger partial charge in [0.2, 0.25) is 5.90 Å². The molecule has 4 rings (SSSR count). The van der Waals surface area contributed by atoms with Crippen LogP contribution in [0.15, 0.2) is 83.5 Å². The van der Waals surface area contributed by atoms with Gasteiger partial charge in [-0.2, -0.15) is 0 Å². The number of nitro benzene ring substituents is 1. The van der Waals surface area contributed by atoms with Crippen LogP contribution in [0.3, 0.4) is 0 Å². The van der Waals surface area contributed by atoms with E-state index in [4.69, 9.17) is 4.74 Å². The fourth-order valence-corrected chi connectivity index (χ4v) is 4.20. The third kappa shape index (κ3) is 6.54. The lowest BCUT2D eigenvalue weighted by atomic mass is 10.00. The number of carbonyl (C=O) groups is 1. The van der Waals surface area contributed by atoms with Gasteiger partial charge in [-0.1, -0.05) is 87.6 Å². The summed E-state index contributed by atoms with van der Waals surface area (Å²) in [5, 5.41) is 11.0. The van der Waals surface area contributed by atoms with Crippen molar-refractivity contribution < 1.29 is 14.5 Å². The van der Waals surface area contributed by atoms with Gasteiger partial charge < -0.3 is 4.74 Å². The highest BCUT2D eigenvalue weighted by Gasteiger charge is 2.24. The molecule has 0 bridgehead atoms. The molecule has 0 N–H and O–H groups in total. The molecule has 0 aliphatic carbocycles. The summed E-state index contributed by atoms with van der Waals surface area (Å²) in [5.41, 5.74) is 4.82. The number of carbonyl (C=O) groups excluding carboxylic acids is 1. The van der Waals surface area contributed by atoms with Crippen molar-refractivity contribution in [3.05, 3.63) is 105 Å². The van der Waals surface area contributed by atoms with Crippen LogP contribution in [0, 0.1) is 10.1 Å². The summed E-state index contributed by atoms with van der Waals surface area (Å²) in [4.78, 5) is 27.1. The summed E-state index contributed by atoms with van der Waals surface area (Å²) in [6.45, 7) is 2.24. The lowest BCUT2D eigenvalue weighted by Crippen LogP contribution is -2.05. The highest BCUT2D eigenvalue weighted by molar-refractivity contribution is 6.13. The molecule has 36 heavy (non-hydrogen) atoms. The predicted molar refractivity (Wildman–Crippen MR) is 143 cm³/mol. The van der Waals surface area contributed by atoms with Crippen LogP contribution in [0.1, 0.15) is 62.1 Å². The Kier molecular flexibility index (Phi) is 8.40. The van der Waals surface area contributed by atoms with Crippen molar-refractivity contribution in [1.82, 2.24) is 0 Å². The van der Waals surface area contributed by atoms with Crippen LogP contribution in [0.2, 0.25) is 0 Å². The van der Waals surface area contributed by atoms with E-state index in [-0.39, 0.29) is 17.3 Å². The molecule has 3 aromatic carbocycles. The smallest absolute Gasteiger partial charge is 0.363 e. The van der Waals surface area contributed by atoms with Crippen molar-refractivity contribution >= 4 is 23.6 Å². The Morgan fingerprint density at radius 3 is 2.19 bits per heavy atom. The minimum atomic E-state index is -0.582. The van der Waals surface area contributed by atoms with E-state index < -0.39 is 10.9 Å². The van der Waals surface area contributed by atoms with E-state index in [1.807, 2.05) is 24.3 Å². The van der Waals surface area contributed by atoms with Gasteiger partial charge in [0.05, 0.1) is 4.92 Å². The Morgan fingerprint density at radius 1 is 0.861 bits per heavy atom. The quantitative estimate of drug-likeness (QED) is 0.0931. The maximum Gasteiger partial charge on any atom is 0.363 e. The highest BCUT2D eigenvalue weighted by atomic mass is 16.6. The number of benzene rings is 3. The standard InChI is InChI=1S/C30H30N2O4/c1-2-3-4-5-6-7-9-22-12-14-24(15-13-22)25-16-18-26(19-17-25)29-31-28(30(33)36-29)21-23-10-8-11-27(20-23)32(34)35/h8,10-21H,2-7,9H2,1H3/b28-21+. The summed E-state index contributed by atoms with van der Waals surface area (Å²) in [5.74, 6) is -0.362. The van der Waals surface area contributed by atoms with Crippen molar-refractivity contribution in [3.63, 3.8) is 0 Å². The molecule has 0 aromatic heterocycles. The average molecular weight is 483 g/mol. The first kappa shape index (κ1) is 25.0. The normalized spacial score (nSPS) is 14.1. The molecule has 0 saturated carbocycles. The SMILES string of the molecule is CCCCCCCCc1ccc(-c2ccc(C3=N/C(=C/c4cccc([N+](=O)[O-])c4)C(=O)O3)cc2)cc1. The first-order valence-electron chi connectivity index (χ1n) is 12.5. The summed E-state index contributed by atoms with van der Waals surface area (Å²) >= 11 is 0. The van der Waals surface area contributed by atoms with Crippen LogP contribution < -0.4 is 0 Å². The molecule has 0 fully saturated rings. The molecule has 184 valence electrons. The number of cyclic esters (lactones) is 1.